The van der Waals surface area contributed by atoms with Crippen LogP contribution in [0.2, 0.25) is 0 Å². The van der Waals surface area contributed by atoms with Gasteiger partial charge in [-0.3, -0.25) is 9.55 Å². The van der Waals surface area contributed by atoms with Gasteiger partial charge in [-0.25, -0.2) is 4.98 Å². The van der Waals surface area contributed by atoms with E-state index in [2.05, 4.69) is 167 Å². The third-order valence-electron chi connectivity index (χ3n) is 11.1. The van der Waals surface area contributed by atoms with Crippen LogP contribution in [0.15, 0.2) is 170 Å². The van der Waals surface area contributed by atoms with Crippen LogP contribution < -0.4 is 0 Å². The van der Waals surface area contributed by atoms with Crippen molar-refractivity contribution in [1.82, 2.24) is 19.1 Å². The van der Waals surface area contributed by atoms with Crippen LogP contribution in [0, 0.1) is 0 Å². The molecule has 240 valence electrons. The van der Waals surface area contributed by atoms with Crippen LogP contribution >= 0.6 is 0 Å². The fourth-order valence-electron chi connectivity index (χ4n) is 8.82. The Kier molecular flexibility index (Phi) is 5.47. The van der Waals surface area contributed by atoms with Crippen molar-refractivity contribution in [2.24, 2.45) is 0 Å². The van der Waals surface area contributed by atoms with E-state index < -0.39 is 0 Å². The molecule has 52 heavy (non-hydrogen) atoms. The number of benzene rings is 7. The highest BCUT2D eigenvalue weighted by Gasteiger charge is 2.26. The molecule has 0 spiro atoms. The van der Waals surface area contributed by atoms with Crippen molar-refractivity contribution in [2.45, 2.75) is 0 Å². The number of nitrogens with zero attached hydrogens (tertiary/aromatic N) is 4. The van der Waals surface area contributed by atoms with Gasteiger partial charge in [0.1, 0.15) is 5.82 Å². The van der Waals surface area contributed by atoms with Crippen molar-refractivity contribution in [1.29, 1.82) is 0 Å². The lowest BCUT2D eigenvalue weighted by atomic mass is 10.00. The fourth-order valence-corrected chi connectivity index (χ4v) is 8.82. The Morgan fingerprint density at radius 3 is 1.96 bits per heavy atom. The van der Waals surface area contributed by atoms with E-state index in [1.807, 2.05) is 12.3 Å². The molecule has 4 nitrogen and oxygen atoms in total. The molecule has 0 atom stereocenters. The Hall–Kier alpha value is -7.04. The van der Waals surface area contributed by atoms with Gasteiger partial charge in [0.05, 0.1) is 33.5 Å². The van der Waals surface area contributed by atoms with Crippen LogP contribution in [0.1, 0.15) is 0 Å². The molecule has 0 radical (unpaired) electrons. The zero-order valence-corrected chi connectivity index (χ0v) is 28.0. The Bertz CT molecular complexity index is 3290. The first-order valence-corrected chi connectivity index (χ1v) is 17.7. The number of para-hydroxylation sites is 2. The van der Waals surface area contributed by atoms with Gasteiger partial charge in [0.25, 0.3) is 0 Å². The maximum Gasteiger partial charge on any atom is 0.138 e. The monoisotopic (exact) mass is 660 g/mol. The first-order chi connectivity index (χ1) is 25.8. The molecule has 12 rings (SSSR count). The van der Waals surface area contributed by atoms with Crippen molar-refractivity contribution >= 4 is 65.2 Å². The molecule has 4 heterocycles. The maximum atomic E-state index is 5.45. The van der Waals surface area contributed by atoms with Crippen molar-refractivity contribution in [3.63, 3.8) is 0 Å². The molecular formula is C48H28N4. The Balaban J connectivity index is 1.12. The van der Waals surface area contributed by atoms with Crippen LogP contribution in [0.3, 0.4) is 0 Å². The average Bonchev–Trinajstić information content (AvgIpc) is 3.84. The van der Waals surface area contributed by atoms with Crippen molar-refractivity contribution in [3.05, 3.63) is 170 Å². The Morgan fingerprint density at radius 2 is 1.10 bits per heavy atom. The van der Waals surface area contributed by atoms with E-state index in [1.165, 1.54) is 76.5 Å². The summed E-state index contributed by atoms with van der Waals surface area (Å²) in [5.74, 6) is 0.913. The van der Waals surface area contributed by atoms with E-state index in [9.17, 15) is 0 Å². The first-order valence-electron chi connectivity index (χ1n) is 17.7. The fraction of sp³-hybridized carbons (Fsp3) is 0. The summed E-state index contributed by atoms with van der Waals surface area (Å²) in [5, 5.41) is 9.69. The standard InChI is InChI=1S/C48H28N4/c1-2-12-33(13-3-1)51-41-18-7-6-15-35(41)39-26-30(20-23-42(39)51)31-21-24-43-40(27-31)36-22-19-29-10-4-5-14-34(29)48(36)52(43)44-28-32-11-8-16-37-45(32)47(50-44)38-17-9-25-49-46(37)38/h1-28H. The summed E-state index contributed by atoms with van der Waals surface area (Å²) < 4.78 is 4.75. The summed E-state index contributed by atoms with van der Waals surface area (Å²) in [6, 6.07) is 59.3. The van der Waals surface area contributed by atoms with E-state index in [-0.39, 0.29) is 0 Å². The summed E-state index contributed by atoms with van der Waals surface area (Å²) in [7, 11) is 0. The zero-order valence-electron chi connectivity index (χ0n) is 28.0. The summed E-state index contributed by atoms with van der Waals surface area (Å²) in [6.07, 6.45) is 1.88. The molecule has 0 fully saturated rings. The number of aromatic nitrogens is 4. The smallest absolute Gasteiger partial charge is 0.138 e. The normalized spacial score (nSPS) is 12.2. The number of hydrogen-bond donors (Lipinski definition) is 0. The summed E-state index contributed by atoms with van der Waals surface area (Å²) in [4.78, 5) is 10.2. The number of fused-ring (bicyclic) bond motifs is 11. The molecule has 4 heteroatoms. The number of hydrogen-bond acceptors (Lipinski definition) is 2. The largest absolute Gasteiger partial charge is 0.309 e. The van der Waals surface area contributed by atoms with E-state index in [1.54, 1.807) is 0 Å². The van der Waals surface area contributed by atoms with Gasteiger partial charge in [-0.05, 0) is 82.6 Å². The summed E-state index contributed by atoms with van der Waals surface area (Å²) in [5.41, 5.74) is 12.5. The minimum Gasteiger partial charge on any atom is -0.309 e. The molecule has 0 saturated heterocycles. The molecule has 0 bridgehead atoms. The van der Waals surface area contributed by atoms with Gasteiger partial charge >= 0.3 is 0 Å². The zero-order chi connectivity index (χ0) is 33.9. The molecule has 0 unspecified atom stereocenters. The van der Waals surface area contributed by atoms with Gasteiger partial charge in [-0.2, -0.15) is 0 Å². The second kappa shape index (κ2) is 10.3. The number of rotatable bonds is 3. The van der Waals surface area contributed by atoms with Gasteiger partial charge in [0.15, 0.2) is 0 Å². The molecule has 0 N–H and O–H groups in total. The van der Waals surface area contributed by atoms with Gasteiger partial charge in [0, 0.05) is 55.3 Å². The predicted octanol–water partition coefficient (Wildman–Crippen LogP) is 12.3. The van der Waals surface area contributed by atoms with Crippen LogP contribution in [-0.2, 0) is 0 Å². The van der Waals surface area contributed by atoms with E-state index in [0.717, 1.165) is 33.8 Å². The lowest BCUT2D eigenvalue weighted by Gasteiger charge is -2.12. The molecule has 7 aromatic carbocycles. The molecular weight excluding hydrogens is 633 g/mol. The molecule has 0 aliphatic heterocycles. The van der Waals surface area contributed by atoms with Crippen molar-refractivity contribution in [2.75, 3.05) is 0 Å². The van der Waals surface area contributed by atoms with Crippen molar-refractivity contribution in [3.8, 4) is 45.1 Å². The van der Waals surface area contributed by atoms with Gasteiger partial charge in [-0.15, -0.1) is 0 Å². The second-order valence-electron chi connectivity index (χ2n) is 13.8. The first kappa shape index (κ1) is 27.7. The third-order valence-corrected chi connectivity index (χ3v) is 11.1. The minimum absolute atomic E-state index is 0.913. The predicted molar refractivity (Wildman–Crippen MR) is 216 cm³/mol. The average molecular weight is 661 g/mol. The maximum absolute atomic E-state index is 5.45. The molecule has 4 aromatic heterocycles. The van der Waals surface area contributed by atoms with Gasteiger partial charge in [-0.1, -0.05) is 103 Å². The highest BCUT2D eigenvalue weighted by atomic mass is 15.1. The van der Waals surface area contributed by atoms with Crippen LogP contribution in [0.25, 0.3) is 110 Å². The van der Waals surface area contributed by atoms with Crippen LogP contribution in [-0.4, -0.2) is 19.1 Å². The summed E-state index contributed by atoms with van der Waals surface area (Å²) in [6.45, 7) is 0. The molecule has 11 aromatic rings. The van der Waals surface area contributed by atoms with E-state index >= 15 is 0 Å². The van der Waals surface area contributed by atoms with E-state index in [0.29, 0.717) is 0 Å². The molecule has 0 saturated carbocycles. The van der Waals surface area contributed by atoms with E-state index in [4.69, 9.17) is 9.97 Å². The molecule has 1 aliphatic carbocycles. The minimum atomic E-state index is 0.913. The molecule has 1 aliphatic rings. The van der Waals surface area contributed by atoms with Crippen LogP contribution in [0.5, 0.6) is 0 Å². The number of pyridine rings is 2. The quantitative estimate of drug-likeness (QED) is 0.189. The second-order valence-corrected chi connectivity index (χ2v) is 13.8. The lowest BCUT2D eigenvalue weighted by molar-refractivity contribution is 1.10. The Morgan fingerprint density at radius 1 is 0.404 bits per heavy atom. The lowest BCUT2D eigenvalue weighted by Crippen LogP contribution is -1.99. The van der Waals surface area contributed by atoms with Gasteiger partial charge in [0.2, 0.25) is 0 Å². The molecule has 0 amide bonds. The summed E-state index contributed by atoms with van der Waals surface area (Å²) >= 11 is 0. The van der Waals surface area contributed by atoms with Gasteiger partial charge < -0.3 is 4.57 Å². The van der Waals surface area contributed by atoms with Crippen molar-refractivity contribution < 1.29 is 0 Å². The Labute approximate surface area is 298 Å². The topological polar surface area (TPSA) is 35.6 Å². The van der Waals surface area contributed by atoms with Crippen LogP contribution in [0.4, 0.5) is 0 Å². The highest BCUT2D eigenvalue weighted by Crippen LogP contribution is 2.47. The highest BCUT2D eigenvalue weighted by molar-refractivity contribution is 6.20. The third kappa shape index (κ3) is 3.70. The SMILES string of the molecule is c1ccc(-n2c3ccccc3c3cc(-c4ccc5c(c4)c4ccc6ccccc6c4n5-c4cc5cccc6c5c(n4)-c4cccnc4-6)ccc32)cc1.